The Kier molecular flexibility index (Phi) is 7.06. The Hall–Kier alpha value is -1.16. The molecular weight excluding hydrogens is 385 g/mol. The van der Waals surface area contributed by atoms with Crippen molar-refractivity contribution >= 4 is 30.1 Å². The van der Waals surface area contributed by atoms with Gasteiger partial charge < -0.3 is 19.9 Å². The number of nitrogens with one attached hydrogen (secondary N) is 2. The topological polar surface area (TPSA) is 103 Å². The molecule has 0 radical (unpaired) electrons. The van der Waals surface area contributed by atoms with Gasteiger partial charge in [0.25, 0.3) is 0 Å². The van der Waals surface area contributed by atoms with Crippen molar-refractivity contribution in [3.63, 3.8) is 0 Å². The number of morpholine rings is 1. The van der Waals surface area contributed by atoms with Crippen LogP contribution in [0.5, 0.6) is 0 Å². The Labute approximate surface area is 157 Å². The van der Waals surface area contributed by atoms with E-state index in [1.807, 2.05) is 11.9 Å². The first-order chi connectivity index (χ1) is 12.1. The highest BCUT2D eigenvalue weighted by Crippen LogP contribution is 2.54. The van der Waals surface area contributed by atoms with Gasteiger partial charge in [-0.25, -0.2) is 9.46 Å². The lowest BCUT2D eigenvalue weighted by Gasteiger charge is -2.41. The molecule has 26 heavy (non-hydrogen) atoms. The zero-order valence-corrected chi connectivity index (χ0v) is 16.9. The highest BCUT2D eigenvalue weighted by molar-refractivity contribution is 7.83. The van der Waals surface area contributed by atoms with Gasteiger partial charge in [-0.3, -0.25) is 19.2 Å². The maximum absolute atomic E-state index is 12.3. The molecule has 4 atom stereocenters. The molecule has 0 bridgehead atoms. The van der Waals surface area contributed by atoms with Crippen molar-refractivity contribution in [2.45, 2.75) is 25.4 Å². The summed E-state index contributed by atoms with van der Waals surface area (Å²) in [7, 11) is 5.03. The van der Waals surface area contributed by atoms with E-state index in [0.717, 1.165) is 0 Å². The van der Waals surface area contributed by atoms with E-state index in [1.54, 1.807) is 26.4 Å². The fraction of sp³-hybridized carbons (Fsp3) is 0.714. The first kappa shape index (κ1) is 21.1. The standard InChI is InChI=1S/C14H25ClN5O5P/c1-10(21)16-12-5-6-20(14(22)17-12)13-8-19(4)7-11(25-13)9-24-26(15,23)18(2)3/h5-6,11-13H,7-9H2,1-4H3,(H,16,21)(H,17,22)/t11-,12?,13?,26+/m0/s1. The molecule has 0 aliphatic carbocycles. The first-order valence-electron chi connectivity index (χ1n) is 8.09. The number of hydrogen-bond donors (Lipinski definition) is 2. The lowest BCUT2D eigenvalue weighted by molar-refractivity contribution is -0.133. The van der Waals surface area contributed by atoms with E-state index in [1.165, 1.54) is 16.5 Å². The largest absolute Gasteiger partial charge is 0.362 e. The summed E-state index contributed by atoms with van der Waals surface area (Å²) in [5, 5.41) is 5.26. The number of carbonyl (C=O) groups excluding carboxylic acids is 2. The summed E-state index contributed by atoms with van der Waals surface area (Å²) >= 11 is 5.86. The molecule has 0 aromatic rings. The third-order valence-corrected chi connectivity index (χ3v) is 6.47. The van der Waals surface area contributed by atoms with Crippen molar-refractivity contribution in [1.82, 2.24) is 25.1 Å². The molecule has 0 aromatic carbocycles. The van der Waals surface area contributed by atoms with E-state index in [9.17, 15) is 14.2 Å². The van der Waals surface area contributed by atoms with Crippen LogP contribution in [0.15, 0.2) is 12.3 Å². The van der Waals surface area contributed by atoms with Crippen LogP contribution in [0, 0.1) is 0 Å². The minimum absolute atomic E-state index is 0.0352. The van der Waals surface area contributed by atoms with E-state index in [4.69, 9.17) is 20.5 Å². The van der Waals surface area contributed by atoms with Gasteiger partial charge in [-0.05, 0) is 38.5 Å². The maximum atomic E-state index is 12.3. The molecule has 2 unspecified atom stereocenters. The minimum atomic E-state index is -3.38. The summed E-state index contributed by atoms with van der Waals surface area (Å²) in [4.78, 5) is 26.8. The van der Waals surface area contributed by atoms with Crippen LogP contribution in [-0.4, -0.2) is 85.7 Å². The average molecular weight is 410 g/mol. The summed E-state index contributed by atoms with van der Waals surface area (Å²) < 4.78 is 24.6. The number of likely N-dealkylation sites (N-methyl/N-ethyl adjacent to an activating group) is 1. The van der Waals surface area contributed by atoms with Gasteiger partial charge in [0.1, 0.15) is 6.17 Å². The smallest absolute Gasteiger partial charge is 0.350 e. The van der Waals surface area contributed by atoms with Gasteiger partial charge in [-0.1, -0.05) is 0 Å². The van der Waals surface area contributed by atoms with E-state index in [-0.39, 0.29) is 18.5 Å². The monoisotopic (exact) mass is 409 g/mol. The Morgan fingerprint density at radius 1 is 1.54 bits per heavy atom. The van der Waals surface area contributed by atoms with Crippen LogP contribution in [0.1, 0.15) is 6.92 Å². The van der Waals surface area contributed by atoms with Gasteiger partial charge >= 0.3 is 12.9 Å². The maximum Gasteiger partial charge on any atom is 0.362 e. The predicted molar refractivity (Wildman–Crippen MR) is 96.4 cm³/mol. The third-order valence-electron chi connectivity index (χ3n) is 3.85. The Morgan fingerprint density at radius 3 is 2.81 bits per heavy atom. The van der Waals surface area contributed by atoms with Crippen molar-refractivity contribution in [2.75, 3.05) is 40.8 Å². The molecule has 2 aliphatic rings. The van der Waals surface area contributed by atoms with Crippen LogP contribution < -0.4 is 10.6 Å². The lowest BCUT2D eigenvalue weighted by atomic mass is 10.2. The molecule has 1 fully saturated rings. The third kappa shape index (κ3) is 5.67. The molecule has 0 saturated carbocycles. The van der Waals surface area contributed by atoms with Crippen LogP contribution in [0.2, 0.25) is 0 Å². The van der Waals surface area contributed by atoms with Crippen molar-refractivity contribution in [3.8, 4) is 0 Å². The molecule has 0 aromatic heterocycles. The summed E-state index contributed by atoms with van der Waals surface area (Å²) in [6, 6.07) is -0.387. The zero-order chi connectivity index (χ0) is 19.5. The number of nitrogens with zero attached hydrogens (tertiary/aromatic N) is 3. The predicted octanol–water partition coefficient (Wildman–Crippen LogP) is 0.569. The molecule has 2 heterocycles. The SMILES string of the molecule is CC(=O)NC1C=CN(C2CN(C)C[C@@H](CO[P@](=O)(Cl)N(C)C)O2)C(=O)N1. The molecule has 0 spiro atoms. The molecular formula is C14H25ClN5O5P. The number of hydrogen-bond acceptors (Lipinski definition) is 6. The van der Waals surface area contributed by atoms with Crippen molar-refractivity contribution < 1.29 is 23.4 Å². The Balaban J connectivity index is 1.98. The number of rotatable bonds is 6. The Bertz CT molecular complexity index is 619. The fourth-order valence-corrected chi connectivity index (χ4v) is 3.32. The van der Waals surface area contributed by atoms with Gasteiger partial charge in [0.15, 0.2) is 6.23 Å². The number of ether oxygens (including phenoxy) is 1. The number of carbonyl (C=O) groups is 2. The lowest BCUT2D eigenvalue weighted by Crippen LogP contribution is -2.60. The number of urea groups is 1. The van der Waals surface area contributed by atoms with E-state index < -0.39 is 25.4 Å². The van der Waals surface area contributed by atoms with Crippen LogP contribution in [0.25, 0.3) is 0 Å². The van der Waals surface area contributed by atoms with Gasteiger partial charge in [-0.2, -0.15) is 0 Å². The van der Waals surface area contributed by atoms with E-state index in [2.05, 4.69) is 10.6 Å². The summed E-state index contributed by atoms with van der Waals surface area (Å²) in [6.07, 6.45) is 1.73. The Morgan fingerprint density at radius 2 is 2.23 bits per heavy atom. The summed E-state index contributed by atoms with van der Waals surface area (Å²) in [6.45, 7) is -0.926. The normalized spacial score (nSPS) is 29.4. The molecule has 3 amide bonds. The number of amides is 3. The van der Waals surface area contributed by atoms with Crippen LogP contribution in [0.3, 0.4) is 0 Å². The second-order valence-electron chi connectivity index (χ2n) is 6.40. The molecule has 1 saturated heterocycles. The molecule has 2 aliphatic heterocycles. The summed E-state index contributed by atoms with van der Waals surface area (Å²) in [5.41, 5.74) is 0. The fourth-order valence-electron chi connectivity index (χ4n) is 2.57. The second kappa shape index (κ2) is 8.69. The molecule has 12 heteroatoms. The quantitative estimate of drug-likeness (QED) is 0.618. The van der Waals surface area contributed by atoms with E-state index in [0.29, 0.717) is 13.1 Å². The first-order valence-corrected chi connectivity index (χ1v) is 10.6. The van der Waals surface area contributed by atoms with Crippen molar-refractivity contribution in [2.24, 2.45) is 0 Å². The van der Waals surface area contributed by atoms with E-state index >= 15 is 0 Å². The van der Waals surface area contributed by atoms with Gasteiger partial charge in [-0.15, -0.1) is 0 Å². The highest BCUT2D eigenvalue weighted by atomic mass is 35.7. The highest BCUT2D eigenvalue weighted by Gasteiger charge is 2.35. The van der Waals surface area contributed by atoms with Crippen LogP contribution in [0.4, 0.5) is 4.79 Å². The molecule has 2 rings (SSSR count). The minimum Gasteiger partial charge on any atom is -0.350 e. The van der Waals surface area contributed by atoms with Gasteiger partial charge in [0.05, 0.1) is 12.7 Å². The second-order valence-corrected chi connectivity index (χ2v) is 9.65. The van der Waals surface area contributed by atoms with Crippen molar-refractivity contribution in [1.29, 1.82) is 0 Å². The molecule has 10 nitrogen and oxygen atoms in total. The average Bonchev–Trinajstić information content (AvgIpc) is 2.52. The molecule has 2 N–H and O–H groups in total. The number of halogens is 1. The zero-order valence-electron chi connectivity index (χ0n) is 15.2. The molecule has 148 valence electrons. The van der Waals surface area contributed by atoms with Crippen molar-refractivity contribution in [3.05, 3.63) is 12.3 Å². The van der Waals surface area contributed by atoms with Crippen LogP contribution >= 0.6 is 18.1 Å². The van der Waals surface area contributed by atoms with Gasteiger partial charge in [0.2, 0.25) is 5.91 Å². The van der Waals surface area contributed by atoms with Crippen LogP contribution in [-0.2, 0) is 18.6 Å². The summed E-state index contributed by atoms with van der Waals surface area (Å²) in [5.74, 6) is -0.245. The van der Waals surface area contributed by atoms with Gasteiger partial charge in [0, 0.05) is 26.2 Å².